The molecular weight excluding hydrogens is 298 g/mol. The van der Waals surface area contributed by atoms with E-state index in [1.54, 1.807) is 12.1 Å². The molecule has 0 bridgehead atoms. The predicted molar refractivity (Wildman–Crippen MR) is 84.8 cm³/mol. The summed E-state index contributed by atoms with van der Waals surface area (Å²) in [7, 11) is 0. The number of carboxylic acid groups (broad SMARTS) is 1. The number of nitrogens with one attached hydrogen (secondary N) is 1. The summed E-state index contributed by atoms with van der Waals surface area (Å²) in [6, 6.07) is 6.27. The first kappa shape index (κ1) is 17.1. The van der Waals surface area contributed by atoms with Crippen LogP contribution in [0.25, 0.3) is 0 Å². The van der Waals surface area contributed by atoms with E-state index in [-0.39, 0.29) is 11.7 Å². The predicted octanol–water partition coefficient (Wildman–Crippen LogP) is 3.07. The summed E-state index contributed by atoms with van der Waals surface area (Å²) in [6.07, 6.45) is 1.52. The maximum Gasteiger partial charge on any atom is 0.407 e. The molecule has 0 radical (unpaired) electrons. The van der Waals surface area contributed by atoms with Crippen molar-refractivity contribution in [2.75, 3.05) is 6.54 Å². The lowest BCUT2D eigenvalue weighted by molar-refractivity contribution is 0.0493. The summed E-state index contributed by atoms with van der Waals surface area (Å²) < 4.78 is 11.1. The molecule has 1 aromatic rings. The number of carbonyl (C=O) groups is 2. The summed E-state index contributed by atoms with van der Waals surface area (Å²) in [4.78, 5) is 22.6. The second kappa shape index (κ2) is 6.89. The highest BCUT2D eigenvalue weighted by molar-refractivity contribution is 5.87. The van der Waals surface area contributed by atoms with Gasteiger partial charge in [-0.25, -0.2) is 9.59 Å². The molecule has 0 spiro atoms. The number of carboxylic acids is 1. The Kier molecular flexibility index (Phi) is 5.13. The fraction of sp³-hybridized carbons (Fsp3) is 0.529. The van der Waals surface area contributed by atoms with Crippen LogP contribution in [0.3, 0.4) is 0 Å². The molecule has 0 aromatic heterocycles. The Morgan fingerprint density at radius 2 is 1.87 bits per heavy atom. The average Bonchev–Trinajstić information content (AvgIpc) is 3.26. The van der Waals surface area contributed by atoms with Crippen molar-refractivity contribution in [1.29, 1.82) is 0 Å². The van der Waals surface area contributed by atoms with Gasteiger partial charge >= 0.3 is 12.1 Å². The fourth-order valence-corrected chi connectivity index (χ4v) is 2.12. The quantitative estimate of drug-likeness (QED) is 0.841. The van der Waals surface area contributed by atoms with Crippen LogP contribution in [0.4, 0.5) is 4.79 Å². The zero-order valence-corrected chi connectivity index (χ0v) is 13.7. The summed E-state index contributed by atoms with van der Waals surface area (Å²) in [6.45, 7) is 5.79. The molecule has 1 saturated carbocycles. The molecule has 1 aromatic carbocycles. The number of amides is 1. The third kappa shape index (κ3) is 5.81. The highest BCUT2D eigenvalue weighted by atomic mass is 16.6. The van der Waals surface area contributed by atoms with Crippen molar-refractivity contribution < 1.29 is 24.2 Å². The van der Waals surface area contributed by atoms with Crippen LogP contribution >= 0.6 is 0 Å². The zero-order chi connectivity index (χ0) is 17.0. The molecular formula is C17H23NO5. The standard InChI is InChI=1S/C17H23NO5/c1-17(2,3)23-16(21)18-10-14(11-4-5-11)22-13-8-6-12(7-9-13)15(19)20/h6-9,11,14H,4-5,10H2,1-3H3,(H,18,21)(H,19,20). The van der Waals surface area contributed by atoms with Gasteiger partial charge in [-0.05, 0) is 63.8 Å². The van der Waals surface area contributed by atoms with E-state index >= 15 is 0 Å². The number of alkyl carbamates (subject to hydrolysis) is 1. The lowest BCUT2D eigenvalue weighted by Crippen LogP contribution is -2.39. The van der Waals surface area contributed by atoms with E-state index in [2.05, 4.69) is 5.32 Å². The fourth-order valence-electron chi connectivity index (χ4n) is 2.12. The third-order valence-electron chi connectivity index (χ3n) is 3.38. The molecule has 1 aliphatic carbocycles. The Bertz CT molecular complexity index is 557. The number of ether oxygens (including phenoxy) is 2. The molecule has 1 amide bonds. The van der Waals surface area contributed by atoms with Gasteiger partial charge in [-0.2, -0.15) is 0 Å². The first-order valence-corrected chi connectivity index (χ1v) is 7.71. The molecule has 0 saturated heterocycles. The van der Waals surface area contributed by atoms with Crippen molar-refractivity contribution in [3.05, 3.63) is 29.8 Å². The van der Waals surface area contributed by atoms with Gasteiger partial charge in [-0.3, -0.25) is 0 Å². The summed E-state index contributed by atoms with van der Waals surface area (Å²) >= 11 is 0. The molecule has 1 fully saturated rings. The van der Waals surface area contributed by atoms with Crippen LogP contribution in [0.1, 0.15) is 44.0 Å². The third-order valence-corrected chi connectivity index (χ3v) is 3.38. The number of carbonyl (C=O) groups excluding carboxylic acids is 1. The Hall–Kier alpha value is -2.24. The summed E-state index contributed by atoms with van der Waals surface area (Å²) in [5.74, 6) is 0.0314. The van der Waals surface area contributed by atoms with Crippen molar-refractivity contribution >= 4 is 12.1 Å². The maximum atomic E-state index is 11.7. The van der Waals surface area contributed by atoms with Crippen molar-refractivity contribution in [3.8, 4) is 5.75 Å². The lowest BCUT2D eigenvalue weighted by Gasteiger charge is -2.22. The molecule has 2 rings (SSSR count). The van der Waals surface area contributed by atoms with Gasteiger partial charge in [-0.15, -0.1) is 0 Å². The van der Waals surface area contributed by atoms with Gasteiger partial charge in [0.15, 0.2) is 0 Å². The number of aromatic carboxylic acids is 1. The van der Waals surface area contributed by atoms with Gasteiger partial charge in [0.2, 0.25) is 0 Å². The topological polar surface area (TPSA) is 84.9 Å². The minimum absolute atomic E-state index is 0.141. The summed E-state index contributed by atoms with van der Waals surface area (Å²) in [5.41, 5.74) is -0.320. The number of rotatable bonds is 6. The molecule has 2 N–H and O–H groups in total. The molecule has 1 unspecified atom stereocenters. The average molecular weight is 321 g/mol. The van der Waals surface area contributed by atoms with Crippen molar-refractivity contribution in [2.45, 2.75) is 45.3 Å². The zero-order valence-electron chi connectivity index (χ0n) is 13.7. The summed E-state index contributed by atoms with van der Waals surface area (Å²) in [5, 5.41) is 11.6. The van der Waals surface area contributed by atoms with Gasteiger partial charge in [0.05, 0.1) is 12.1 Å². The van der Waals surface area contributed by atoms with E-state index in [9.17, 15) is 9.59 Å². The maximum absolute atomic E-state index is 11.7. The molecule has 126 valence electrons. The van der Waals surface area contributed by atoms with Gasteiger partial charge < -0.3 is 19.9 Å². The minimum Gasteiger partial charge on any atom is -0.488 e. The van der Waals surface area contributed by atoms with E-state index in [4.69, 9.17) is 14.6 Å². The molecule has 23 heavy (non-hydrogen) atoms. The van der Waals surface area contributed by atoms with E-state index in [1.807, 2.05) is 20.8 Å². The van der Waals surface area contributed by atoms with Crippen molar-refractivity contribution in [1.82, 2.24) is 5.32 Å². The van der Waals surface area contributed by atoms with Gasteiger partial charge in [0.25, 0.3) is 0 Å². The molecule has 6 nitrogen and oxygen atoms in total. The lowest BCUT2D eigenvalue weighted by atomic mass is 10.2. The highest BCUT2D eigenvalue weighted by Crippen LogP contribution is 2.34. The Morgan fingerprint density at radius 1 is 1.26 bits per heavy atom. The largest absolute Gasteiger partial charge is 0.488 e. The Labute approximate surface area is 135 Å². The smallest absolute Gasteiger partial charge is 0.407 e. The Morgan fingerprint density at radius 3 is 2.35 bits per heavy atom. The van der Waals surface area contributed by atoms with E-state index in [0.29, 0.717) is 18.2 Å². The van der Waals surface area contributed by atoms with Crippen LogP contribution in [0.2, 0.25) is 0 Å². The van der Waals surface area contributed by atoms with Crippen LogP contribution in [0.5, 0.6) is 5.75 Å². The molecule has 0 heterocycles. The van der Waals surface area contributed by atoms with Crippen molar-refractivity contribution in [2.24, 2.45) is 5.92 Å². The Balaban J connectivity index is 1.89. The monoisotopic (exact) mass is 321 g/mol. The normalized spacial score (nSPS) is 15.6. The van der Waals surface area contributed by atoms with E-state index < -0.39 is 17.7 Å². The first-order chi connectivity index (χ1) is 10.7. The molecule has 6 heteroatoms. The number of hydrogen-bond acceptors (Lipinski definition) is 4. The highest BCUT2D eigenvalue weighted by Gasteiger charge is 2.33. The van der Waals surface area contributed by atoms with E-state index in [1.165, 1.54) is 12.1 Å². The van der Waals surface area contributed by atoms with Crippen LogP contribution in [-0.2, 0) is 4.74 Å². The number of hydrogen-bond donors (Lipinski definition) is 2. The second-order valence-electron chi connectivity index (χ2n) is 6.71. The SMILES string of the molecule is CC(C)(C)OC(=O)NCC(Oc1ccc(C(=O)O)cc1)C1CC1. The van der Waals surface area contributed by atoms with Gasteiger partial charge in [-0.1, -0.05) is 0 Å². The van der Waals surface area contributed by atoms with Crippen LogP contribution in [0.15, 0.2) is 24.3 Å². The number of benzene rings is 1. The first-order valence-electron chi connectivity index (χ1n) is 7.71. The molecule has 1 aliphatic rings. The van der Waals surface area contributed by atoms with Gasteiger partial charge in [0, 0.05) is 0 Å². The minimum atomic E-state index is -0.970. The molecule has 1 atom stereocenters. The van der Waals surface area contributed by atoms with E-state index in [0.717, 1.165) is 12.8 Å². The molecule has 0 aliphatic heterocycles. The van der Waals surface area contributed by atoms with Crippen molar-refractivity contribution in [3.63, 3.8) is 0 Å². The van der Waals surface area contributed by atoms with Gasteiger partial charge in [0.1, 0.15) is 17.5 Å². The van der Waals surface area contributed by atoms with Crippen LogP contribution in [0, 0.1) is 5.92 Å². The van der Waals surface area contributed by atoms with Crippen LogP contribution < -0.4 is 10.1 Å². The second-order valence-corrected chi connectivity index (χ2v) is 6.71. The van der Waals surface area contributed by atoms with Crippen LogP contribution in [-0.4, -0.2) is 35.4 Å².